The minimum Gasteiger partial charge on any atom is -0.341 e. The number of hydrogen-bond acceptors (Lipinski definition) is 2. The third-order valence-corrected chi connectivity index (χ3v) is 3.18. The Bertz CT molecular complexity index is 223. The van der Waals surface area contributed by atoms with Crippen molar-refractivity contribution in [1.82, 2.24) is 4.90 Å². The molecule has 1 aliphatic heterocycles. The van der Waals surface area contributed by atoms with Crippen LogP contribution in [0.1, 0.15) is 34.1 Å². The highest BCUT2D eigenvalue weighted by Gasteiger charge is 2.29. The molecule has 2 N–H and O–H groups in total. The van der Waals surface area contributed by atoms with Gasteiger partial charge in [-0.15, -0.1) is 12.4 Å². The Hall–Kier alpha value is -0.280. The zero-order chi connectivity index (χ0) is 11.6. The van der Waals surface area contributed by atoms with Gasteiger partial charge >= 0.3 is 0 Å². The Kier molecular flexibility index (Phi) is 6.34. The van der Waals surface area contributed by atoms with E-state index in [1.807, 2.05) is 18.7 Å². The molecule has 0 saturated carbocycles. The van der Waals surface area contributed by atoms with E-state index in [1.54, 1.807) is 0 Å². The average Bonchev–Trinajstić information content (AvgIpc) is 2.13. The molecule has 0 aromatic carbocycles. The highest BCUT2D eigenvalue weighted by Crippen LogP contribution is 2.21. The van der Waals surface area contributed by atoms with Crippen molar-refractivity contribution in [3.63, 3.8) is 0 Å². The normalized spacial score (nSPS) is 27.5. The second-order valence-electron chi connectivity index (χ2n) is 5.46. The number of hydrogen-bond donors (Lipinski definition) is 1. The molecule has 16 heavy (non-hydrogen) atoms. The van der Waals surface area contributed by atoms with Gasteiger partial charge in [0.05, 0.1) is 6.04 Å². The summed E-state index contributed by atoms with van der Waals surface area (Å²) in [6.07, 6.45) is 1.22. The predicted octanol–water partition coefficient (Wildman–Crippen LogP) is 1.90. The standard InChI is InChI=1S/C12H24N2O.ClH/c1-8(2)11(13)12(15)14-6-9(3)5-10(4)7-14;/h8-11H,5-7,13H2,1-4H3;1H/t9?,10?,11-;/m1./s1. The van der Waals surface area contributed by atoms with Crippen LogP contribution in [0.3, 0.4) is 0 Å². The molecule has 0 radical (unpaired) electrons. The topological polar surface area (TPSA) is 46.3 Å². The number of nitrogens with zero attached hydrogens (tertiary/aromatic N) is 1. The first-order chi connectivity index (χ1) is 6.91. The van der Waals surface area contributed by atoms with E-state index in [2.05, 4.69) is 13.8 Å². The first-order valence-corrected chi connectivity index (χ1v) is 5.96. The number of carbonyl (C=O) groups is 1. The highest BCUT2D eigenvalue weighted by molar-refractivity contribution is 5.85. The summed E-state index contributed by atoms with van der Waals surface area (Å²) in [4.78, 5) is 14.0. The van der Waals surface area contributed by atoms with Crippen LogP contribution in [0.15, 0.2) is 0 Å². The molecule has 2 unspecified atom stereocenters. The monoisotopic (exact) mass is 248 g/mol. The summed E-state index contributed by atoms with van der Waals surface area (Å²) in [6.45, 7) is 10.2. The van der Waals surface area contributed by atoms with Crippen LogP contribution in [0.25, 0.3) is 0 Å². The SMILES string of the molecule is CC1CC(C)CN(C(=O)[C@H](N)C(C)C)C1.Cl. The quantitative estimate of drug-likeness (QED) is 0.811. The van der Waals surface area contributed by atoms with Crippen molar-refractivity contribution < 1.29 is 4.79 Å². The molecule has 1 aliphatic rings. The Labute approximate surface area is 105 Å². The van der Waals surface area contributed by atoms with Crippen LogP contribution in [0.5, 0.6) is 0 Å². The lowest BCUT2D eigenvalue weighted by atomic mass is 9.91. The van der Waals surface area contributed by atoms with Crippen molar-refractivity contribution in [3.05, 3.63) is 0 Å². The molecule has 1 heterocycles. The van der Waals surface area contributed by atoms with E-state index in [4.69, 9.17) is 5.73 Å². The van der Waals surface area contributed by atoms with E-state index in [-0.39, 0.29) is 30.3 Å². The van der Waals surface area contributed by atoms with Gasteiger partial charge in [-0.05, 0) is 24.2 Å². The van der Waals surface area contributed by atoms with Crippen molar-refractivity contribution >= 4 is 18.3 Å². The van der Waals surface area contributed by atoms with Gasteiger partial charge in [-0.25, -0.2) is 0 Å². The third-order valence-electron chi connectivity index (χ3n) is 3.18. The van der Waals surface area contributed by atoms with Crippen molar-refractivity contribution in [3.8, 4) is 0 Å². The zero-order valence-corrected chi connectivity index (χ0v) is 11.6. The fraction of sp³-hybridized carbons (Fsp3) is 0.917. The molecule has 0 aromatic heterocycles. The van der Waals surface area contributed by atoms with Gasteiger partial charge in [-0.1, -0.05) is 27.7 Å². The minimum absolute atomic E-state index is 0. The van der Waals surface area contributed by atoms with Gasteiger partial charge in [0.1, 0.15) is 0 Å². The molecule has 0 spiro atoms. The second kappa shape index (κ2) is 6.45. The zero-order valence-electron chi connectivity index (χ0n) is 10.8. The molecule has 96 valence electrons. The fourth-order valence-electron chi connectivity index (χ4n) is 2.34. The lowest BCUT2D eigenvalue weighted by Gasteiger charge is -2.36. The molecule has 1 rings (SSSR count). The van der Waals surface area contributed by atoms with Gasteiger partial charge in [-0.2, -0.15) is 0 Å². The lowest BCUT2D eigenvalue weighted by molar-refractivity contribution is -0.136. The number of likely N-dealkylation sites (tertiary alicyclic amines) is 1. The van der Waals surface area contributed by atoms with Gasteiger partial charge in [-0.3, -0.25) is 4.79 Å². The van der Waals surface area contributed by atoms with Crippen molar-refractivity contribution in [1.29, 1.82) is 0 Å². The van der Waals surface area contributed by atoms with Crippen molar-refractivity contribution in [2.45, 2.75) is 40.2 Å². The van der Waals surface area contributed by atoms with E-state index in [0.717, 1.165) is 13.1 Å². The van der Waals surface area contributed by atoms with Crippen LogP contribution in [0.4, 0.5) is 0 Å². The van der Waals surface area contributed by atoms with E-state index in [1.165, 1.54) is 6.42 Å². The maximum atomic E-state index is 12.0. The predicted molar refractivity (Wildman–Crippen MR) is 69.6 cm³/mol. The molecule has 4 heteroatoms. The van der Waals surface area contributed by atoms with Crippen LogP contribution in [0.2, 0.25) is 0 Å². The number of amides is 1. The van der Waals surface area contributed by atoms with Gasteiger partial charge in [0.2, 0.25) is 5.91 Å². The average molecular weight is 249 g/mol. The van der Waals surface area contributed by atoms with Gasteiger partial charge in [0.15, 0.2) is 0 Å². The van der Waals surface area contributed by atoms with Crippen LogP contribution >= 0.6 is 12.4 Å². The smallest absolute Gasteiger partial charge is 0.239 e. The summed E-state index contributed by atoms with van der Waals surface area (Å²) < 4.78 is 0. The summed E-state index contributed by atoms with van der Waals surface area (Å²) in [5.41, 5.74) is 5.89. The summed E-state index contributed by atoms with van der Waals surface area (Å²) >= 11 is 0. The molecule has 0 aliphatic carbocycles. The van der Waals surface area contributed by atoms with E-state index in [9.17, 15) is 4.79 Å². The summed E-state index contributed by atoms with van der Waals surface area (Å²) in [6, 6.07) is -0.331. The maximum absolute atomic E-state index is 12.0. The first kappa shape index (κ1) is 15.7. The molecule has 3 nitrogen and oxygen atoms in total. The van der Waals surface area contributed by atoms with Crippen molar-refractivity contribution in [2.24, 2.45) is 23.5 Å². The Balaban J connectivity index is 0.00000225. The van der Waals surface area contributed by atoms with Gasteiger partial charge in [0, 0.05) is 13.1 Å². The van der Waals surface area contributed by atoms with Crippen LogP contribution < -0.4 is 5.73 Å². The molecule has 1 saturated heterocycles. The minimum atomic E-state index is -0.331. The number of rotatable bonds is 2. The fourth-order valence-corrected chi connectivity index (χ4v) is 2.34. The highest BCUT2D eigenvalue weighted by atomic mass is 35.5. The molecule has 3 atom stereocenters. The summed E-state index contributed by atoms with van der Waals surface area (Å²) in [7, 11) is 0. The number of carbonyl (C=O) groups excluding carboxylic acids is 1. The van der Waals surface area contributed by atoms with Gasteiger partial charge in [0.25, 0.3) is 0 Å². The Morgan fingerprint density at radius 2 is 1.69 bits per heavy atom. The number of piperidine rings is 1. The largest absolute Gasteiger partial charge is 0.341 e. The van der Waals surface area contributed by atoms with E-state index < -0.39 is 0 Å². The molecule has 1 amide bonds. The first-order valence-electron chi connectivity index (χ1n) is 5.96. The molecule has 0 aromatic rings. The molecule has 0 bridgehead atoms. The van der Waals surface area contributed by atoms with Crippen LogP contribution in [-0.2, 0) is 4.79 Å². The summed E-state index contributed by atoms with van der Waals surface area (Å²) in [5, 5.41) is 0. The number of halogens is 1. The third kappa shape index (κ3) is 3.95. The van der Waals surface area contributed by atoms with Gasteiger partial charge < -0.3 is 10.6 Å². The number of nitrogens with two attached hydrogens (primary N) is 1. The van der Waals surface area contributed by atoms with Crippen molar-refractivity contribution in [2.75, 3.05) is 13.1 Å². The Morgan fingerprint density at radius 3 is 2.06 bits per heavy atom. The van der Waals surface area contributed by atoms with E-state index >= 15 is 0 Å². The summed E-state index contributed by atoms with van der Waals surface area (Å²) in [5.74, 6) is 1.57. The second-order valence-corrected chi connectivity index (χ2v) is 5.46. The lowest BCUT2D eigenvalue weighted by Crippen LogP contribution is -2.51. The molecular formula is C12H25ClN2O. The Morgan fingerprint density at radius 1 is 1.25 bits per heavy atom. The molecular weight excluding hydrogens is 224 g/mol. The maximum Gasteiger partial charge on any atom is 0.239 e. The van der Waals surface area contributed by atoms with Crippen LogP contribution in [0, 0.1) is 17.8 Å². The van der Waals surface area contributed by atoms with Crippen LogP contribution in [-0.4, -0.2) is 29.9 Å². The molecule has 1 fully saturated rings. The van der Waals surface area contributed by atoms with E-state index in [0.29, 0.717) is 11.8 Å².